The molecule has 2 aromatic rings. The van der Waals surface area contributed by atoms with Crippen LogP contribution in [0.15, 0.2) is 36.7 Å². The molecule has 0 aliphatic rings. The van der Waals surface area contributed by atoms with Gasteiger partial charge in [0.1, 0.15) is 0 Å². The molecule has 2 rings (SSSR count). The van der Waals surface area contributed by atoms with Crippen LogP contribution in [-0.4, -0.2) is 9.78 Å². The van der Waals surface area contributed by atoms with E-state index in [1.165, 1.54) is 5.56 Å². The molecule has 2 N–H and O–H groups in total. The van der Waals surface area contributed by atoms with Crippen LogP contribution in [0.1, 0.15) is 25.3 Å². The van der Waals surface area contributed by atoms with Gasteiger partial charge in [0.15, 0.2) is 0 Å². The number of anilines is 1. The molecular formula is C12H15N3. The highest BCUT2D eigenvalue weighted by atomic mass is 15.3. The summed E-state index contributed by atoms with van der Waals surface area (Å²) in [6, 6.07) is 7.69. The van der Waals surface area contributed by atoms with Gasteiger partial charge >= 0.3 is 0 Å². The Kier molecular flexibility index (Phi) is 2.46. The Balaban J connectivity index is 2.33. The maximum Gasteiger partial charge on any atom is 0.0647 e. The van der Waals surface area contributed by atoms with Gasteiger partial charge in [-0.1, -0.05) is 13.8 Å². The molecule has 1 aromatic heterocycles. The van der Waals surface area contributed by atoms with E-state index in [-0.39, 0.29) is 0 Å². The van der Waals surface area contributed by atoms with Crippen LogP contribution in [-0.2, 0) is 0 Å². The number of rotatable bonds is 2. The van der Waals surface area contributed by atoms with Crippen LogP contribution in [0.4, 0.5) is 5.69 Å². The van der Waals surface area contributed by atoms with E-state index in [4.69, 9.17) is 5.73 Å². The molecule has 3 nitrogen and oxygen atoms in total. The van der Waals surface area contributed by atoms with Gasteiger partial charge in [-0.05, 0) is 35.7 Å². The summed E-state index contributed by atoms with van der Waals surface area (Å²) in [7, 11) is 0. The minimum Gasteiger partial charge on any atom is -0.399 e. The second kappa shape index (κ2) is 3.77. The van der Waals surface area contributed by atoms with Gasteiger partial charge in [-0.15, -0.1) is 0 Å². The Morgan fingerprint density at radius 2 is 1.87 bits per heavy atom. The summed E-state index contributed by atoms with van der Waals surface area (Å²) in [5.74, 6) is 0.507. The van der Waals surface area contributed by atoms with Crippen LogP contribution in [0, 0.1) is 0 Å². The summed E-state index contributed by atoms with van der Waals surface area (Å²) < 4.78 is 1.87. The van der Waals surface area contributed by atoms with Crippen molar-refractivity contribution in [1.82, 2.24) is 9.78 Å². The molecule has 0 amide bonds. The van der Waals surface area contributed by atoms with E-state index in [1.807, 2.05) is 35.1 Å². The fraction of sp³-hybridized carbons (Fsp3) is 0.250. The topological polar surface area (TPSA) is 43.8 Å². The van der Waals surface area contributed by atoms with E-state index in [1.54, 1.807) is 0 Å². The van der Waals surface area contributed by atoms with Crippen LogP contribution >= 0.6 is 0 Å². The van der Waals surface area contributed by atoms with Crippen molar-refractivity contribution in [2.75, 3.05) is 5.73 Å². The van der Waals surface area contributed by atoms with Crippen molar-refractivity contribution < 1.29 is 0 Å². The van der Waals surface area contributed by atoms with Crippen LogP contribution in [0.25, 0.3) is 5.69 Å². The van der Waals surface area contributed by atoms with Crippen molar-refractivity contribution in [2.24, 2.45) is 0 Å². The summed E-state index contributed by atoms with van der Waals surface area (Å²) in [5.41, 5.74) is 8.68. The molecule has 15 heavy (non-hydrogen) atoms. The third kappa shape index (κ3) is 2.01. The molecule has 0 aliphatic carbocycles. The summed E-state index contributed by atoms with van der Waals surface area (Å²) in [4.78, 5) is 0. The van der Waals surface area contributed by atoms with Gasteiger partial charge in [0.2, 0.25) is 0 Å². The van der Waals surface area contributed by atoms with Gasteiger partial charge < -0.3 is 5.73 Å². The summed E-state index contributed by atoms with van der Waals surface area (Å²) in [6.45, 7) is 4.31. The van der Waals surface area contributed by atoms with Crippen LogP contribution in [0.2, 0.25) is 0 Å². The Labute approximate surface area is 89.5 Å². The van der Waals surface area contributed by atoms with Crippen molar-refractivity contribution in [2.45, 2.75) is 19.8 Å². The van der Waals surface area contributed by atoms with Gasteiger partial charge in [-0.2, -0.15) is 5.10 Å². The Morgan fingerprint density at radius 1 is 1.20 bits per heavy atom. The predicted octanol–water partition coefficient (Wildman–Crippen LogP) is 2.58. The number of benzene rings is 1. The first-order valence-corrected chi connectivity index (χ1v) is 5.07. The molecule has 0 spiro atoms. The number of nitrogens with two attached hydrogens (primary N) is 1. The van der Waals surface area contributed by atoms with E-state index < -0.39 is 0 Å². The predicted molar refractivity (Wildman–Crippen MR) is 62.1 cm³/mol. The molecule has 1 heterocycles. The third-order valence-electron chi connectivity index (χ3n) is 2.43. The van der Waals surface area contributed by atoms with Crippen molar-refractivity contribution in [3.05, 3.63) is 42.2 Å². The lowest BCUT2D eigenvalue weighted by Crippen LogP contribution is -1.94. The highest BCUT2D eigenvalue weighted by Gasteiger charge is 2.03. The highest BCUT2D eigenvalue weighted by Crippen LogP contribution is 2.16. The SMILES string of the molecule is CC(C)c1cnn(-c2ccc(N)cc2)c1. The highest BCUT2D eigenvalue weighted by molar-refractivity contribution is 5.44. The molecule has 0 bridgehead atoms. The largest absolute Gasteiger partial charge is 0.399 e. The zero-order chi connectivity index (χ0) is 10.8. The van der Waals surface area contributed by atoms with Gasteiger partial charge in [0, 0.05) is 11.9 Å². The fourth-order valence-corrected chi connectivity index (χ4v) is 1.40. The maximum atomic E-state index is 5.63. The number of nitrogen functional groups attached to an aromatic ring is 1. The molecule has 0 fully saturated rings. The standard InChI is InChI=1S/C12H15N3/c1-9(2)10-7-14-15(8-10)12-5-3-11(13)4-6-12/h3-9H,13H2,1-2H3. The lowest BCUT2D eigenvalue weighted by Gasteiger charge is -2.01. The molecule has 0 saturated heterocycles. The monoisotopic (exact) mass is 201 g/mol. The lowest BCUT2D eigenvalue weighted by molar-refractivity contribution is 0.858. The molecule has 1 aromatic carbocycles. The van der Waals surface area contributed by atoms with E-state index in [9.17, 15) is 0 Å². The lowest BCUT2D eigenvalue weighted by atomic mass is 10.1. The van der Waals surface area contributed by atoms with Gasteiger partial charge in [0.25, 0.3) is 0 Å². The molecule has 0 atom stereocenters. The average molecular weight is 201 g/mol. The Hall–Kier alpha value is -1.77. The smallest absolute Gasteiger partial charge is 0.0647 e. The molecule has 0 unspecified atom stereocenters. The first-order valence-electron chi connectivity index (χ1n) is 5.07. The summed E-state index contributed by atoms with van der Waals surface area (Å²) >= 11 is 0. The average Bonchev–Trinajstić information content (AvgIpc) is 2.68. The normalized spacial score (nSPS) is 10.9. The van der Waals surface area contributed by atoms with Crippen LogP contribution in [0.5, 0.6) is 0 Å². The summed E-state index contributed by atoms with van der Waals surface area (Å²) in [5, 5.41) is 4.31. The minimum atomic E-state index is 0.507. The first kappa shape index (κ1) is 9.77. The van der Waals surface area contributed by atoms with Gasteiger partial charge in [0.05, 0.1) is 11.9 Å². The van der Waals surface area contributed by atoms with Crippen molar-refractivity contribution >= 4 is 5.69 Å². The van der Waals surface area contributed by atoms with E-state index in [0.29, 0.717) is 5.92 Å². The number of hydrogen-bond acceptors (Lipinski definition) is 2. The van der Waals surface area contributed by atoms with Crippen LogP contribution < -0.4 is 5.73 Å². The van der Waals surface area contributed by atoms with Crippen molar-refractivity contribution in [1.29, 1.82) is 0 Å². The van der Waals surface area contributed by atoms with Gasteiger partial charge in [-0.3, -0.25) is 0 Å². The molecule has 0 radical (unpaired) electrons. The second-order valence-electron chi connectivity index (χ2n) is 3.96. The molecule has 0 aliphatic heterocycles. The van der Waals surface area contributed by atoms with Gasteiger partial charge in [-0.25, -0.2) is 4.68 Å². The Morgan fingerprint density at radius 3 is 2.40 bits per heavy atom. The van der Waals surface area contributed by atoms with E-state index >= 15 is 0 Å². The minimum absolute atomic E-state index is 0.507. The van der Waals surface area contributed by atoms with E-state index in [0.717, 1.165) is 11.4 Å². The molecule has 78 valence electrons. The number of aromatic nitrogens is 2. The number of hydrogen-bond donors (Lipinski definition) is 1. The van der Waals surface area contributed by atoms with E-state index in [2.05, 4.69) is 25.1 Å². The van der Waals surface area contributed by atoms with Crippen molar-refractivity contribution in [3.63, 3.8) is 0 Å². The Bertz CT molecular complexity index is 440. The zero-order valence-electron chi connectivity index (χ0n) is 9.01. The fourth-order valence-electron chi connectivity index (χ4n) is 1.40. The third-order valence-corrected chi connectivity index (χ3v) is 2.43. The molecular weight excluding hydrogens is 186 g/mol. The quantitative estimate of drug-likeness (QED) is 0.759. The molecule has 0 saturated carbocycles. The molecule has 3 heteroatoms. The van der Waals surface area contributed by atoms with Crippen molar-refractivity contribution in [3.8, 4) is 5.69 Å². The first-order chi connectivity index (χ1) is 7.16. The number of nitrogens with zero attached hydrogens (tertiary/aromatic N) is 2. The zero-order valence-corrected chi connectivity index (χ0v) is 9.01. The van der Waals surface area contributed by atoms with Crippen LogP contribution in [0.3, 0.4) is 0 Å². The summed E-state index contributed by atoms with van der Waals surface area (Å²) in [6.07, 6.45) is 3.96. The maximum absolute atomic E-state index is 5.63. The second-order valence-corrected chi connectivity index (χ2v) is 3.96.